The van der Waals surface area contributed by atoms with Gasteiger partial charge in [-0.15, -0.1) is 0 Å². The van der Waals surface area contributed by atoms with E-state index in [0.29, 0.717) is 0 Å². The number of rotatable bonds is 4. The molecule has 0 aromatic carbocycles. The summed E-state index contributed by atoms with van der Waals surface area (Å²) in [6, 6.07) is 0. The van der Waals surface area contributed by atoms with Gasteiger partial charge < -0.3 is 5.43 Å². The van der Waals surface area contributed by atoms with Gasteiger partial charge in [-0.1, -0.05) is 13.3 Å². The van der Waals surface area contributed by atoms with Gasteiger partial charge in [0.05, 0.1) is 0 Å². The zero-order valence-electron chi connectivity index (χ0n) is 9.71. The van der Waals surface area contributed by atoms with E-state index >= 15 is 0 Å². The Labute approximate surface area is 92.5 Å². The van der Waals surface area contributed by atoms with Crippen LogP contribution in [0.5, 0.6) is 0 Å². The highest BCUT2D eigenvalue weighted by Gasteiger charge is 2.39. The van der Waals surface area contributed by atoms with Gasteiger partial charge >= 0.3 is 0 Å². The number of nitrogens with one attached hydrogen (secondary N) is 1. The standard InChI is InChI=1S/C12H23N3/c1-2-5-14-12(15-13)8-11-7-9-3-4-10(11)6-9/h9-11H,2-8,13H2,1H3,(H,14,15). The number of nitrogens with zero attached hydrogens (tertiary/aromatic N) is 1. The van der Waals surface area contributed by atoms with Crippen molar-refractivity contribution in [1.29, 1.82) is 0 Å². The molecule has 0 aromatic heterocycles. The molecule has 2 bridgehead atoms. The summed E-state index contributed by atoms with van der Waals surface area (Å²) in [7, 11) is 0. The highest BCUT2D eigenvalue weighted by atomic mass is 15.2. The molecule has 0 amide bonds. The minimum absolute atomic E-state index is 0.857. The fraction of sp³-hybridized carbons (Fsp3) is 0.917. The first kappa shape index (κ1) is 10.9. The predicted molar refractivity (Wildman–Crippen MR) is 63.5 cm³/mol. The molecule has 0 aromatic rings. The van der Waals surface area contributed by atoms with Crippen LogP contribution >= 0.6 is 0 Å². The van der Waals surface area contributed by atoms with Crippen LogP contribution in [-0.4, -0.2) is 12.4 Å². The molecule has 2 aliphatic rings. The van der Waals surface area contributed by atoms with Crippen molar-refractivity contribution in [2.45, 2.75) is 45.4 Å². The Morgan fingerprint density at radius 2 is 2.27 bits per heavy atom. The monoisotopic (exact) mass is 209 g/mol. The van der Waals surface area contributed by atoms with Crippen molar-refractivity contribution in [1.82, 2.24) is 5.43 Å². The lowest BCUT2D eigenvalue weighted by atomic mass is 9.86. The summed E-state index contributed by atoms with van der Waals surface area (Å²) < 4.78 is 0. The van der Waals surface area contributed by atoms with Crippen LogP contribution in [0.15, 0.2) is 4.99 Å². The first-order valence-corrected chi connectivity index (χ1v) is 6.33. The highest BCUT2D eigenvalue weighted by molar-refractivity contribution is 5.81. The molecule has 0 saturated heterocycles. The van der Waals surface area contributed by atoms with E-state index in [9.17, 15) is 0 Å². The van der Waals surface area contributed by atoms with Crippen molar-refractivity contribution in [3.05, 3.63) is 0 Å². The Morgan fingerprint density at radius 3 is 2.80 bits per heavy atom. The summed E-state index contributed by atoms with van der Waals surface area (Å²) >= 11 is 0. The van der Waals surface area contributed by atoms with Crippen molar-refractivity contribution in [3.63, 3.8) is 0 Å². The van der Waals surface area contributed by atoms with Crippen molar-refractivity contribution in [3.8, 4) is 0 Å². The first-order valence-electron chi connectivity index (χ1n) is 6.33. The normalized spacial score (nSPS) is 34.8. The molecule has 3 heteroatoms. The SMILES string of the molecule is CCCN=C(CC1CC2CCC1C2)NN. The lowest BCUT2D eigenvalue weighted by Crippen LogP contribution is -2.33. The molecule has 0 aliphatic heterocycles. The minimum atomic E-state index is 0.857. The van der Waals surface area contributed by atoms with E-state index in [1.54, 1.807) is 0 Å². The Balaban J connectivity index is 1.84. The van der Waals surface area contributed by atoms with E-state index in [2.05, 4.69) is 17.3 Å². The molecule has 0 radical (unpaired) electrons. The van der Waals surface area contributed by atoms with Crippen LogP contribution < -0.4 is 11.3 Å². The first-order chi connectivity index (χ1) is 7.33. The van der Waals surface area contributed by atoms with Crippen molar-refractivity contribution in [2.75, 3.05) is 6.54 Å². The van der Waals surface area contributed by atoms with Gasteiger partial charge in [-0.3, -0.25) is 4.99 Å². The van der Waals surface area contributed by atoms with E-state index < -0.39 is 0 Å². The summed E-state index contributed by atoms with van der Waals surface area (Å²) in [6.45, 7) is 3.05. The fourth-order valence-electron chi connectivity index (χ4n) is 3.29. The van der Waals surface area contributed by atoms with Crippen molar-refractivity contribution < 1.29 is 0 Å². The zero-order valence-corrected chi connectivity index (χ0v) is 9.71. The summed E-state index contributed by atoms with van der Waals surface area (Å²) in [5.74, 6) is 9.37. The van der Waals surface area contributed by atoms with Crippen molar-refractivity contribution >= 4 is 5.84 Å². The van der Waals surface area contributed by atoms with E-state index in [0.717, 1.165) is 43.0 Å². The number of aliphatic imine (C=N–C) groups is 1. The quantitative estimate of drug-likeness (QED) is 0.322. The van der Waals surface area contributed by atoms with Crippen LogP contribution in [0.1, 0.15) is 45.4 Å². The molecule has 3 unspecified atom stereocenters. The third-order valence-electron chi connectivity index (χ3n) is 4.03. The molecule has 0 heterocycles. The van der Waals surface area contributed by atoms with Gasteiger partial charge in [0.1, 0.15) is 5.84 Å². The molecule has 3 N–H and O–H groups in total. The third kappa shape index (κ3) is 2.51. The summed E-state index contributed by atoms with van der Waals surface area (Å²) in [5.41, 5.74) is 2.77. The largest absolute Gasteiger partial charge is 0.312 e. The van der Waals surface area contributed by atoms with Crippen LogP contribution in [0.2, 0.25) is 0 Å². The van der Waals surface area contributed by atoms with Crippen LogP contribution in [0.25, 0.3) is 0 Å². The second-order valence-electron chi connectivity index (χ2n) is 5.11. The molecule has 2 saturated carbocycles. The van der Waals surface area contributed by atoms with Gasteiger partial charge in [0, 0.05) is 13.0 Å². The topological polar surface area (TPSA) is 50.4 Å². The second-order valence-corrected chi connectivity index (χ2v) is 5.11. The molecule has 2 rings (SSSR count). The Hall–Kier alpha value is -0.570. The summed E-state index contributed by atoms with van der Waals surface area (Å²) in [4.78, 5) is 4.49. The maximum atomic E-state index is 5.51. The van der Waals surface area contributed by atoms with Gasteiger partial charge in [-0.05, 0) is 43.4 Å². The number of hydrazine groups is 1. The number of hydrogen-bond acceptors (Lipinski definition) is 2. The van der Waals surface area contributed by atoms with Crippen molar-refractivity contribution in [2.24, 2.45) is 28.6 Å². The van der Waals surface area contributed by atoms with Gasteiger partial charge in [0.15, 0.2) is 0 Å². The number of hydrogen-bond donors (Lipinski definition) is 2. The van der Waals surface area contributed by atoms with E-state index in [1.165, 1.54) is 25.7 Å². The molecule has 3 nitrogen and oxygen atoms in total. The van der Waals surface area contributed by atoms with E-state index in [4.69, 9.17) is 5.84 Å². The smallest absolute Gasteiger partial charge is 0.111 e. The maximum absolute atomic E-state index is 5.51. The fourth-order valence-corrected chi connectivity index (χ4v) is 3.29. The molecular weight excluding hydrogens is 186 g/mol. The third-order valence-corrected chi connectivity index (χ3v) is 4.03. The van der Waals surface area contributed by atoms with E-state index in [-0.39, 0.29) is 0 Å². The number of fused-ring (bicyclic) bond motifs is 2. The number of amidine groups is 1. The van der Waals surface area contributed by atoms with Crippen LogP contribution in [0.3, 0.4) is 0 Å². The molecule has 15 heavy (non-hydrogen) atoms. The van der Waals surface area contributed by atoms with E-state index in [1.807, 2.05) is 0 Å². The Bertz CT molecular complexity index is 237. The summed E-state index contributed by atoms with van der Waals surface area (Å²) in [6.07, 6.45) is 7.98. The van der Waals surface area contributed by atoms with Gasteiger partial charge in [-0.25, -0.2) is 5.84 Å². The van der Waals surface area contributed by atoms with Crippen LogP contribution in [0.4, 0.5) is 0 Å². The average Bonchev–Trinajstić information content (AvgIpc) is 2.85. The highest BCUT2D eigenvalue weighted by Crippen LogP contribution is 2.49. The lowest BCUT2D eigenvalue weighted by molar-refractivity contribution is 0.340. The van der Waals surface area contributed by atoms with Gasteiger partial charge in [0.2, 0.25) is 0 Å². The molecular formula is C12H23N3. The second kappa shape index (κ2) is 4.97. The molecule has 3 atom stereocenters. The lowest BCUT2D eigenvalue weighted by Gasteiger charge is -2.22. The van der Waals surface area contributed by atoms with Gasteiger partial charge in [0.25, 0.3) is 0 Å². The molecule has 2 aliphatic carbocycles. The minimum Gasteiger partial charge on any atom is -0.312 e. The number of nitrogens with two attached hydrogens (primary N) is 1. The summed E-state index contributed by atoms with van der Waals surface area (Å²) in [5, 5.41) is 0. The average molecular weight is 209 g/mol. The molecule has 86 valence electrons. The molecule has 0 spiro atoms. The van der Waals surface area contributed by atoms with Crippen LogP contribution in [-0.2, 0) is 0 Å². The Morgan fingerprint density at radius 1 is 1.40 bits per heavy atom. The van der Waals surface area contributed by atoms with Gasteiger partial charge in [-0.2, -0.15) is 0 Å². The zero-order chi connectivity index (χ0) is 10.7. The maximum Gasteiger partial charge on any atom is 0.111 e. The molecule has 2 fully saturated rings. The predicted octanol–water partition coefficient (Wildman–Crippen LogP) is 2.08. The van der Waals surface area contributed by atoms with Crippen LogP contribution in [0, 0.1) is 17.8 Å². The Kier molecular flexibility index (Phi) is 3.62.